The third kappa shape index (κ3) is 2.50. The minimum absolute atomic E-state index is 0.398. The van der Waals surface area contributed by atoms with Crippen LogP contribution in [0.3, 0.4) is 0 Å². The van der Waals surface area contributed by atoms with Gasteiger partial charge in [-0.3, -0.25) is 4.68 Å². The predicted molar refractivity (Wildman–Crippen MR) is 78.6 cm³/mol. The highest BCUT2D eigenvalue weighted by molar-refractivity contribution is 9.10. The van der Waals surface area contributed by atoms with Gasteiger partial charge in [-0.25, -0.2) is 0 Å². The maximum Gasteiger partial charge on any atom is 0.0701 e. The van der Waals surface area contributed by atoms with Gasteiger partial charge in [-0.15, -0.1) is 0 Å². The smallest absolute Gasteiger partial charge is 0.0701 e. The topological polar surface area (TPSA) is 29.9 Å². The van der Waals surface area contributed by atoms with Crippen LogP contribution in [0.1, 0.15) is 58.8 Å². The van der Waals surface area contributed by atoms with Crippen LogP contribution in [0.15, 0.2) is 10.7 Å². The Balaban J connectivity index is 2.34. The third-order valence-corrected chi connectivity index (χ3v) is 4.60. The first kappa shape index (κ1) is 14.1. The molecule has 102 valence electrons. The summed E-state index contributed by atoms with van der Waals surface area (Å²) >= 11 is 3.67. The van der Waals surface area contributed by atoms with Gasteiger partial charge in [-0.05, 0) is 54.1 Å². The van der Waals surface area contributed by atoms with Crippen molar-refractivity contribution in [2.45, 2.75) is 53.1 Å². The van der Waals surface area contributed by atoms with Crippen LogP contribution in [0, 0.1) is 11.3 Å². The number of nitrogens with zero attached hydrogens (tertiary/aromatic N) is 2. The lowest BCUT2D eigenvalue weighted by Crippen LogP contribution is -2.28. The molecule has 0 radical (unpaired) electrons. The zero-order valence-electron chi connectivity index (χ0n) is 12.0. The second-order valence-corrected chi connectivity index (χ2v) is 7.10. The molecule has 2 rings (SSSR count). The molecule has 1 aliphatic rings. The highest BCUT2D eigenvalue weighted by Crippen LogP contribution is 2.58. The standard InChI is InChI=1S/C14H24BrN3/c1-6-16-12(10-7-14(10,4)5)13-11(15)8-17-18(13)9(2)3/h8-10,12,16H,6-7H2,1-5H3. The van der Waals surface area contributed by atoms with Crippen molar-refractivity contribution in [1.82, 2.24) is 15.1 Å². The predicted octanol–water partition coefficient (Wildman–Crippen LogP) is 3.92. The number of halogens is 1. The highest BCUT2D eigenvalue weighted by Gasteiger charge is 2.51. The lowest BCUT2D eigenvalue weighted by molar-refractivity contribution is 0.381. The van der Waals surface area contributed by atoms with Gasteiger partial charge in [0.1, 0.15) is 0 Å². The van der Waals surface area contributed by atoms with E-state index in [0.717, 1.165) is 11.0 Å². The number of rotatable bonds is 5. The third-order valence-electron chi connectivity index (χ3n) is 3.99. The van der Waals surface area contributed by atoms with Gasteiger partial charge < -0.3 is 5.32 Å². The second-order valence-electron chi connectivity index (χ2n) is 6.25. The summed E-state index contributed by atoms with van der Waals surface area (Å²) in [6.45, 7) is 12.2. The molecule has 2 atom stereocenters. The first-order valence-electron chi connectivity index (χ1n) is 6.84. The number of aromatic nitrogens is 2. The Bertz CT molecular complexity index is 423. The van der Waals surface area contributed by atoms with Crippen molar-refractivity contribution in [2.24, 2.45) is 11.3 Å². The quantitative estimate of drug-likeness (QED) is 0.892. The Morgan fingerprint density at radius 2 is 2.17 bits per heavy atom. The maximum absolute atomic E-state index is 4.51. The molecule has 0 aromatic carbocycles. The SMILES string of the molecule is CCNC(c1c(Br)cnn1C(C)C)C1CC1(C)C. The van der Waals surface area contributed by atoms with E-state index in [1.54, 1.807) is 0 Å². The van der Waals surface area contributed by atoms with E-state index in [1.165, 1.54) is 12.1 Å². The summed E-state index contributed by atoms with van der Waals surface area (Å²) in [4.78, 5) is 0. The summed E-state index contributed by atoms with van der Waals surface area (Å²) in [5, 5.41) is 8.15. The molecule has 0 aliphatic heterocycles. The van der Waals surface area contributed by atoms with E-state index in [4.69, 9.17) is 0 Å². The molecule has 3 nitrogen and oxygen atoms in total. The van der Waals surface area contributed by atoms with Crippen molar-refractivity contribution < 1.29 is 0 Å². The van der Waals surface area contributed by atoms with E-state index >= 15 is 0 Å². The molecule has 0 saturated heterocycles. The molecular formula is C14H24BrN3. The average Bonchev–Trinajstić information content (AvgIpc) is 2.72. The molecule has 0 amide bonds. The average molecular weight is 314 g/mol. The van der Waals surface area contributed by atoms with E-state index in [-0.39, 0.29) is 0 Å². The lowest BCUT2D eigenvalue weighted by atomic mass is 10.0. The van der Waals surface area contributed by atoms with Gasteiger partial charge in [-0.1, -0.05) is 20.8 Å². The largest absolute Gasteiger partial charge is 0.309 e. The monoisotopic (exact) mass is 313 g/mol. The number of hydrogen-bond donors (Lipinski definition) is 1. The van der Waals surface area contributed by atoms with Crippen LogP contribution in [-0.4, -0.2) is 16.3 Å². The van der Waals surface area contributed by atoms with Crippen LogP contribution in [0.5, 0.6) is 0 Å². The van der Waals surface area contributed by atoms with Crippen LogP contribution in [-0.2, 0) is 0 Å². The zero-order valence-corrected chi connectivity index (χ0v) is 13.6. The van der Waals surface area contributed by atoms with Gasteiger partial charge in [0.05, 0.1) is 22.4 Å². The van der Waals surface area contributed by atoms with E-state index < -0.39 is 0 Å². The van der Waals surface area contributed by atoms with Crippen molar-refractivity contribution >= 4 is 15.9 Å². The minimum atomic E-state index is 0.398. The van der Waals surface area contributed by atoms with E-state index in [1.807, 2.05) is 6.20 Å². The molecule has 18 heavy (non-hydrogen) atoms. The molecule has 1 N–H and O–H groups in total. The van der Waals surface area contributed by atoms with E-state index in [0.29, 0.717) is 23.4 Å². The normalized spacial score (nSPS) is 23.4. The van der Waals surface area contributed by atoms with E-state index in [2.05, 4.69) is 65.6 Å². The van der Waals surface area contributed by atoms with Crippen LogP contribution in [0.25, 0.3) is 0 Å². The van der Waals surface area contributed by atoms with Crippen molar-refractivity contribution in [3.05, 3.63) is 16.4 Å². The fraction of sp³-hybridized carbons (Fsp3) is 0.786. The molecule has 1 aromatic heterocycles. The van der Waals surface area contributed by atoms with Gasteiger partial charge in [0.25, 0.3) is 0 Å². The Kier molecular flexibility index (Phi) is 3.88. The van der Waals surface area contributed by atoms with Gasteiger partial charge in [0.2, 0.25) is 0 Å². The minimum Gasteiger partial charge on any atom is -0.309 e. The number of nitrogens with one attached hydrogen (secondary N) is 1. The Morgan fingerprint density at radius 3 is 2.61 bits per heavy atom. The summed E-state index contributed by atoms with van der Waals surface area (Å²) < 4.78 is 3.27. The lowest BCUT2D eigenvalue weighted by Gasteiger charge is -2.23. The van der Waals surface area contributed by atoms with Crippen molar-refractivity contribution in [1.29, 1.82) is 0 Å². The molecule has 1 aliphatic carbocycles. The molecular weight excluding hydrogens is 290 g/mol. The first-order chi connectivity index (χ1) is 8.38. The fourth-order valence-corrected chi connectivity index (χ4v) is 3.30. The van der Waals surface area contributed by atoms with Crippen LogP contribution < -0.4 is 5.32 Å². The maximum atomic E-state index is 4.51. The Hall–Kier alpha value is -0.350. The van der Waals surface area contributed by atoms with Crippen LogP contribution in [0.2, 0.25) is 0 Å². The summed E-state index contributed by atoms with van der Waals surface area (Å²) in [7, 11) is 0. The van der Waals surface area contributed by atoms with Crippen LogP contribution >= 0.6 is 15.9 Å². The van der Waals surface area contributed by atoms with E-state index in [9.17, 15) is 0 Å². The molecule has 0 bridgehead atoms. The molecule has 1 heterocycles. The Morgan fingerprint density at radius 1 is 1.56 bits per heavy atom. The summed E-state index contributed by atoms with van der Waals surface area (Å²) in [6, 6.07) is 0.804. The Labute approximate surface area is 118 Å². The van der Waals surface area contributed by atoms with Gasteiger partial charge in [-0.2, -0.15) is 5.10 Å². The highest BCUT2D eigenvalue weighted by atomic mass is 79.9. The molecule has 2 unspecified atom stereocenters. The molecule has 1 fully saturated rings. The zero-order chi connectivity index (χ0) is 13.5. The summed E-state index contributed by atoms with van der Waals surface area (Å²) in [6.07, 6.45) is 3.22. The molecule has 1 saturated carbocycles. The fourth-order valence-electron chi connectivity index (χ4n) is 2.78. The van der Waals surface area contributed by atoms with Crippen molar-refractivity contribution in [3.8, 4) is 0 Å². The molecule has 1 aromatic rings. The van der Waals surface area contributed by atoms with Gasteiger partial charge in [0, 0.05) is 6.04 Å². The molecule has 4 heteroatoms. The van der Waals surface area contributed by atoms with Gasteiger partial charge in [0.15, 0.2) is 0 Å². The molecule has 0 spiro atoms. The summed E-state index contributed by atoms with van der Waals surface area (Å²) in [5.74, 6) is 0.711. The first-order valence-corrected chi connectivity index (χ1v) is 7.64. The van der Waals surface area contributed by atoms with Crippen LogP contribution in [0.4, 0.5) is 0 Å². The van der Waals surface area contributed by atoms with Gasteiger partial charge >= 0.3 is 0 Å². The summed E-state index contributed by atoms with van der Waals surface area (Å²) in [5.41, 5.74) is 1.76. The second kappa shape index (κ2) is 4.97. The van der Waals surface area contributed by atoms with Crippen molar-refractivity contribution in [3.63, 3.8) is 0 Å². The van der Waals surface area contributed by atoms with Crippen molar-refractivity contribution in [2.75, 3.05) is 6.54 Å². The number of hydrogen-bond acceptors (Lipinski definition) is 2.